The van der Waals surface area contributed by atoms with Crippen LogP contribution in [0.15, 0.2) is 267 Å². The number of carbonyl (C=O) groups excluding carboxylic acids is 2. The number of non-ortho nitro benzene ring substituents is 3. The molecule has 0 amide bonds. The lowest BCUT2D eigenvalue weighted by Crippen LogP contribution is -2.18. The van der Waals surface area contributed by atoms with Crippen molar-refractivity contribution >= 4 is 149 Å². The first-order valence-corrected chi connectivity index (χ1v) is 41.3. The smallest absolute Gasteiger partial charge is 0.573 e. The summed E-state index contributed by atoms with van der Waals surface area (Å²) in [7, 11) is 0. The Morgan fingerprint density at radius 2 is 0.731 bits per heavy atom. The van der Waals surface area contributed by atoms with Gasteiger partial charge in [-0.25, -0.2) is 39.3 Å². The number of ether oxygens (including phenoxy) is 2. The fourth-order valence-corrected chi connectivity index (χ4v) is 12.6. The van der Waals surface area contributed by atoms with Crippen molar-refractivity contribution in [1.29, 1.82) is 0 Å². The summed E-state index contributed by atoms with van der Waals surface area (Å²) in [4.78, 5) is 95.2. The van der Waals surface area contributed by atoms with Gasteiger partial charge in [-0.15, -0.1) is 26.3 Å². The topological polar surface area (TPSA) is 400 Å². The van der Waals surface area contributed by atoms with Gasteiger partial charge in [0, 0.05) is 176 Å². The summed E-state index contributed by atoms with van der Waals surface area (Å²) in [6.07, 6.45) is -2.51. The van der Waals surface area contributed by atoms with Crippen LogP contribution in [0, 0.1) is 36.2 Å². The number of nitro groups is 3. The van der Waals surface area contributed by atoms with Gasteiger partial charge in [0.1, 0.15) is 52.2 Å². The monoisotopic (exact) mass is 1870 g/mol. The quantitative estimate of drug-likeness (QED) is 0.00783. The summed E-state index contributed by atoms with van der Waals surface area (Å²) in [6, 6.07) is 63.9. The maximum atomic E-state index is 12.6. The fraction of sp³-hybridized carbons (Fsp3) is 0.182. The van der Waals surface area contributed by atoms with Crippen LogP contribution in [0.4, 0.5) is 123 Å². The maximum absolute atomic E-state index is 12.6. The number of nitrogens with one attached hydrogen (secondary N) is 3. The van der Waals surface area contributed by atoms with Crippen LogP contribution in [0.25, 0.3) is 0 Å². The van der Waals surface area contributed by atoms with Crippen molar-refractivity contribution in [2.75, 3.05) is 73.4 Å². The van der Waals surface area contributed by atoms with E-state index < -0.39 is 44.6 Å². The molecule has 130 heavy (non-hydrogen) atoms. The van der Waals surface area contributed by atoms with Gasteiger partial charge in [-0.2, -0.15) is 4.98 Å². The summed E-state index contributed by atoms with van der Waals surface area (Å²) in [5.74, 6) is 1.79. The highest BCUT2D eigenvalue weighted by Crippen LogP contribution is 2.33. The molecule has 0 fully saturated rings. The average Bonchev–Trinajstić information content (AvgIpc) is 0.867. The first kappa shape index (κ1) is 101. The summed E-state index contributed by atoms with van der Waals surface area (Å²) in [5, 5.41) is 37.6. The molecule has 31 nitrogen and oxygen atoms in total. The Hall–Kier alpha value is -14.7. The van der Waals surface area contributed by atoms with E-state index in [-0.39, 0.29) is 81.7 Å². The molecule has 678 valence electrons. The van der Waals surface area contributed by atoms with E-state index in [1.54, 1.807) is 91.5 Å². The number of nitrogens with two attached hydrogens (primary N) is 1. The third-order valence-electron chi connectivity index (χ3n) is 17.7. The van der Waals surface area contributed by atoms with Gasteiger partial charge in [0.25, 0.3) is 17.1 Å². The number of hydrogen-bond acceptors (Lipinski definition) is 27. The van der Waals surface area contributed by atoms with Crippen molar-refractivity contribution in [1.82, 2.24) is 39.9 Å². The summed E-state index contributed by atoms with van der Waals surface area (Å²) in [6.45, 7) is 13.5. The number of halogens is 10. The molecular formula is C88H82Cl3F7N19O12S-. The Morgan fingerprint density at radius 3 is 1.05 bits per heavy atom. The summed E-state index contributed by atoms with van der Waals surface area (Å²) in [5.41, 5.74) is 14.8. The minimum Gasteiger partial charge on any atom is -0.755 e. The normalized spacial score (nSPS) is 10.9. The van der Waals surface area contributed by atoms with Crippen LogP contribution in [0.2, 0.25) is 15.9 Å². The Bertz CT molecular complexity index is 5860. The molecule has 4 aromatic heterocycles. The number of Topliss-reactive ketones (excluding diaryl/α,β-unsaturated/α-hetero) is 2. The Balaban J connectivity index is 0.000000206. The Labute approximate surface area is 758 Å². The zero-order valence-electron chi connectivity index (χ0n) is 69.6. The second-order valence-electron chi connectivity index (χ2n) is 26.7. The van der Waals surface area contributed by atoms with E-state index in [0.717, 1.165) is 88.4 Å². The van der Waals surface area contributed by atoms with Gasteiger partial charge >= 0.3 is 12.7 Å². The van der Waals surface area contributed by atoms with E-state index in [2.05, 4.69) is 64.7 Å². The third kappa shape index (κ3) is 34.3. The number of alkyl halides is 6. The van der Waals surface area contributed by atoms with E-state index in [9.17, 15) is 79.4 Å². The molecule has 0 aliphatic rings. The SMILES string of the molecule is CCN(c1ccc(CC(=O)Cc2ccc(OC(F)(F)F)cc2)cc1)c1ccnc(Cl)n1.CCN(c1ccc(CC(=O)Cc2ccc(OC(F)(F)F)cc2)cc1)c1ccnc(Nc2cccc(NS(=O)[O-])c2)n1.CCN(c1ccc(N)cc1)c1ccnc(Cl)n1.CCN(c1ccc([N+](=O)[O-])cc1)c1ccnc(Cl)n1.CCNc1ccc([N+](=O)[O-])cc1.O=[N+]([O-])c1ccc(F)cc1. The molecule has 0 saturated heterocycles. The van der Waals surface area contributed by atoms with Crippen molar-refractivity contribution < 1.29 is 73.3 Å². The largest absolute Gasteiger partial charge is 0.755 e. The molecule has 0 aliphatic heterocycles. The molecular weight excluding hydrogens is 1790 g/mol. The molecule has 0 bridgehead atoms. The van der Waals surface area contributed by atoms with Crippen molar-refractivity contribution in [2.24, 2.45) is 0 Å². The molecule has 9 aromatic carbocycles. The predicted molar refractivity (Wildman–Crippen MR) is 484 cm³/mol. The zero-order chi connectivity index (χ0) is 94.5. The first-order chi connectivity index (χ1) is 62.1. The number of ketones is 2. The molecule has 1 atom stereocenters. The van der Waals surface area contributed by atoms with Crippen molar-refractivity contribution in [3.63, 3.8) is 0 Å². The van der Waals surface area contributed by atoms with Crippen molar-refractivity contribution in [3.8, 4) is 11.5 Å². The van der Waals surface area contributed by atoms with Crippen LogP contribution < -0.4 is 50.2 Å². The molecule has 0 saturated carbocycles. The van der Waals surface area contributed by atoms with Crippen LogP contribution in [0.3, 0.4) is 0 Å². The van der Waals surface area contributed by atoms with E-state index in [1.807, 2.05) is 133 Å². The number of hydrogen-bond donors (Lipinski definition) is 4. The van der Waals surface area contributed by atoms with Gasteiger partial charge in [-0.1, -0.05) is 54.6 Å². The minimum atomic E-state index is -4.77. The second kappa shape index (κ2) is 50.0. The van der Waals surface area contributed by atoms with Gasteiger partial charge in [0.2, 0.25) is 21.8 Å². The van der Waals surface area contributed by atoms with Gasteiger partial charge in [-0.3, -0.25) is 44.1 Å². The van der Waals surface area contributed by atoms with Gasteiger partial charge in [0.05, 0.1) is 14.8 Å². The molecule has 13 rings (SSSR count). The van der Waals surface area contributed by atoms with Gasteiger partial charge < -0.3 is 54.7 Å². The van der Waals surface area contributed by atoms with Crippen LogP contribution >= 0.6 is 34.8 Å². The number of nitrogen functional groups attached to an aromatic ring is 1. The lowest BCUT2D eigenvalue weighted by Gasteiger charge is -2.22. The summed E-state index contributed by atoms with van der Waals surface area (Å²) < 4.78 is 118. The van der Waals surface area contributed by atoms with Crippen LogP contribution in [0.1, 0.15) is 56.9 Å². The average molecular weight is 1870 g/mol. The van der Waals surface area contributed by atoms with E-state index in [0.29, 0.717) is 65.5 Å². The highest BCUT2D eigenvalue weighted by Gasteiger charge is 2.32. The number of carbonyl (C=O) groups is 2. The highest BCUT2D eigenvalue weighted by molar-refractivity contribution is 7.80. The number of nitro benzene ring substituents is 3. The highest BCUT2D eigenvalue weighted by atomic mass is 35.5. The van der Waals surface area contributed by atoms with Gasteiger partial charge in [-0.05, 0) is 243 Å². The fourth-order valence-electron chi connectivity index (χ4n) is 11.9. The number of benzene rings is 9. The second-order valence-corrected chi connectivity index (χ2v) is 28.4. The number of anilines is 13. The first-order valence-electron chi connectivity index (χ1n) is 39.1. The number of aromatic nitrogens is 8. The lowest BCUT2D eigenvalue weighted by atomic mass is 10.0. The van der Waals surface area contributed by atoms with Crippen molar-refractivity contribution in [3.05, 3.63) is 342 Å². The number of rotatable bonds is 31. The molecule has 0 radical (unpaired) electrons. The molecule has 5 N–H and O–H groups in total. The number of nitrogens with zero attached hydrogens (tertiary/aromatic N) is 15. The van der Waals surface area contributed by atoms with Crippen molar-refractivity contribution in [2.45, 2.75) is 73.0 Å². The molecule has 42 heteroatoms. The maximum Gasteiger partial charge on any atom is 0.573 e. The van der Waals surface area contributed by atoms with Crippen LogP contribution in [-0.4, -0.2) is 120 Å². The van der Waals surface area contributed by atoms with E-state index >= 15 is 0 Å². The van der Waals surface area contributed by atoms with Gasteiger partial charge in [0.15, 0.2) is 0 Å². The zero-order valence-corrected chi connectivity index (χ0v) is 72.7. The standard InChI is InChI=1S/C28H26F3N5O4S.C22H19ClF3N3O2.C12H11ClN4O2.C12H13ClN4.C8H10N2O2.C6H4FNO2/c1-2-36(26-14-15-32-27(34-26)33-21-4-3-5-22(18-21)35-41(38)39)23-10-6-19(7-11-23)16-24(37)17-20-8-12-25(13-9-20)40-28(29,30)31;1-2-29(20-11-12-27-21(23)28-20)17-7-3-15(4-8-17)13-18(30)14-16-5-9-19(10-6-16)31-22(24,25)26;1-2-16(11-7-8-14-12(13)15-11)9-3-5-10(6-4-9)17(18)19;1-2-17(10-5-3-9(14)4-6-10)11-7-8-15-12(13)16-11;1-2-9-7-3-5-8(6-4-7)10(11)12;7-5-1-3-6(4-2-5)8(9)10/h3-15,18,35H,2,16-17H2,1H3,(H,38,39)(H,32,33,34);3-12H,2,13-14H2,1H3;3-8H,2H2,1H3;3-8H,2,14H2,1H3;3-6,9H,2H2,1H3;1-4H/p-1. The van der Waals surface area contributed by atoms with Crippen LogP contribution in [-0.2, 0) is 46.5 Å². The molecule has 4 heterocycles. The van der Waals surface area contributed by atoms with E-state index in [4.69, 9.17) is 40.5 Å². The minimum absolute atomic E-state index is 0.0489. The lowest BCUT2D eigenvalue weighted by molar-refractivity contribution is -0.385. The predicted octanol–water partition coefficient (Wildman–Crippen LogP) is 21.2. The molecule has 0 spiro atoms. The van der Waals surface area contributed by atoms with Crippen LogP contribution in [0.5, 0.6) is 11.5 Å². The molecule has 1 unspecified atom stereocenters. The third-order valence-corrected chi connectivity index (χ3v) is 18.6. The summed E-state index contributed by atoms with van der Waals surface area (Å²) >= 11 is 15.0. The molecule has 13 aromatic rings. The Kier molecular flexibility index (Phi) is 38.8. The van der Waals surface area contributed by atoms with E-state index in [1.165, 1.54) is 72.8 Å². The molecule has 0 aliphatic carbocycles. The Morgan fingerprint density at radius 1 is 0.423 bits per heavy atom.